The molecule has 0 spiro atoms. The molecule has 162 valence electrons. The first-order chi connectivity index (χ1) is 14.6. The minimum atomic E-state index is -0.0769. The van der Waals surface area contributed by atoms with Crippen molar-refractivity contribution in [2.45, 2.75) is 39.0 Å². The minimum absolute atomic E-state index is 0.0769. The van der Waals surface area contributed by atoms with Gasteiger partial charge in [-0.05, 0) is 20.8 Å². The number of hydrogen-bond donors (Lipinski definition) is 2. The maximum Gasteiger partial charge on any atom is 0.230 e. The van der Waals surface area contributed by atoms with Crippen LogP contribution in [0.5, 0.6) is 0 Å². The molecule has 3 heterocycles. The molecule has 3 aromatic heterocycles. The molecule has 0 fully saturated rings. The van der Waals surface area contributed by atoms with Crippen molar-refractivity contribution in [3.8, 4) is 0 Å². The Morgan fingerprint density at radius 2 is 2.03 bits per heavy atom. The van der Waals surface area contributed by atoms with E-state index in [0.717, 1.165) is 35.1 Å². The summed E-state index contributed by atoms with van der Waals surface area (Å²) in [5, 5.41) is 7.68. The number of carbonyl (C=O) groups excluding carboxylic acids is 1. The van der Waals surface area contributed by atoms with E-state index in [0.29, 0.717) is 32.1 Å². The number of carbonyl (C=O) groups is 1. The molecular formula is C18H28N10OS. The number of aromatic nitrogens is 7. The highest BCUT2D eigenvalue weighted by atomic mass is 32.2. The smallest absolute Gasteiger partial charge is 0.230 e. The van der Waals surface area contributed by atoms with E-state index in [1.54, 1.807) is 11.0 Å². The average Bonchev–Trinajstić information content (AvgIpc) is 3.38. The highest BCUT2D eigenvalue weighted by Gasteiger charge is 2.19. The van der Waals surface area contributed by atoms with Crippen LogP contribution < -0.4 is 16.0 Å². The number of hydrogen-bond acceptors (Lipinski definition) is 9. The second-order valence-corrected chi connectivity index (χ2v) is 7.53. The minimum Gasteiger partial charge on any atom is -0.354 e. The summed E-state index contributed by atoms with van der Waals surface area (Å²) in [4.78, 5) is 32.4. The number of nitrogens with zero attached hydrogens (tertiary/aromatic N) is 8. The Morgan fingerprint density at radius 1 is 1.23 bits per heavy atom. The summed E-state index contributed by atoms with van der Waals surface area (Å²) in [6.45, 7) is 9.81. The molecule has 30 heavy (non-hydrogen) atoms. The Bertz CT molecular complexity index is 967. The third-order valence-electron chi connectivity index (χ3n) is 4.59. The fraction of sp³-hybridized carbons (Fsp3) is 0.556. The zero-order chi connectivity index (χ0) is 21.5. The van der Waals surface area contributed by atoms with Crippen molar-refractivity contribution in [2.24, 2.45) is 5.73 Å². The maximum atomic E-state index is 12.1. The average molecular weight is 433 g/mol. The number of amides is 1. The number of anilines is 1. The van der Waals surface area contributed by atoms with Gasteiger partial charge in [0.25, 0.3) is 0 Å². The van der Waals surface area contributed by atoms with Gasteiger partial charge in [-0.1, -0.05) is 11.8 Å². The molecular weight excluding hydrogens is 404 g/mol. The molecule has 0 aliphatic rings. The molecule has 0 aliphatic heterocycles. The lowest BCUT2D eigenvalue weighted by Gasteiger charge is -2.19. The Hall–Kier alpha value is -2.73. The van der Waals surface area contributed by atoms with Crippen LogP contribution >= 0.6 is 11.8 Å². The number of imidazole rings is 1. The van der Waals surface area contributed by atoms with Crippen LogP contribution in [0.2, 0.25) is 0 Å². The number of fused-ring (bicyclic) bond motifs is 1. The van der Waals surface area contributed by atoms with Crippen LogP contribution in [0, 0.1) is 6.92 Å². The van der Waals surface area contributed by atoms with E-state index in [9.17, 15) is 4.79 Å². The molecule has 0 unspecified atom stereocenters. The molecule has 0 bridgehead atoms. The van der Waals surface area contributed by atoms with Crippen molar-refractivity contribution in [3.63, 3.8) is 0 Å². The Morgan fingerprint density at radius 3 is 2.70 bits per heavy atom. The highest BCUT2D eigenvalue weighted by molar-refractivity contribution is 7.99. The van der Waals surface area contributed by atoms with Crippen LogP contribution in [0.3, 0.4) is 0 Å². The molecule has 0 atom stereocenters. The normalized spacial score (nSPS) is 11.2. The van der Waals surface area contributed by atoms with Gasteiger partial charge in [0.05, 0.1) is 18.0 Å². The maximum absolute atomic E-state index is 12.1. The lowest BCUT2D eigenvalue weighted by Crippen LogP contribution is -2.30. The van der Waals surface area contributed by atoms with Crippen LogP contribution in [0.1, 0.15) is 19.5 Å². The zero-order valence-corrected chi connectivity index (χ0v) is 18.4. The van der Waals surface area contributed by atoms with E-state index in [-0.39, 0.29) is 11.7 Å². The molecule has 3 rings (SSSR count). The van der Waals surface area contributed by atoms with Gasteiger partial charge in [-0.3, -0.25) is 9.48 Å². The molecule has 0 saturated carbocycles. The van der Waals surface area contributed by atoms with E-state index in [2.05, 4.69) is 39.1 Å². The molecule has 0 aromatic carbocycles. The van der Waals surface area contributed by atoms with Gasteiger partial charge in [0.1, 0.15) is 18.2 Å². The van der Waals surface area contributed by atoms with E-state index < -0.39 is 0 Å². The van der Waals surface area contributed by atoms with Gasteiger partial charge >= 0.3 is 0 Å². The summed E-state index contributed by atoms with van der Waals surface area (Å²) < 4.78 is 3.78. The molecule has 0 aliphatic carbocycles. The summed E-state index contributed by atoms with van der Waals surface area (Å²) in [6, 6.07) is 0. The lowest BCUT2D eigenvalue weighted by atomic mass is 10.4. The molecule has 1 amide bonds. The first-order valence-electron chi connectivity index (χ1n) is 9.99. The number of rotatable bonds is 11. The predicted molar refractivity (Wildman–Crippen MR) is 116 cm³/mol. The van der Waals surface area contributed by atoms with Crippen LogP contribution in [0.4, 0.5) is 5.95 Å². The third kappa shape index (κ3) is 5.05. The van der Waals surface area contributed by atoms with Crippen LogP contribution in [-0.2, 0) is 17.9 Å². The van der Waals surface area contributed by atoms with Crippen molar-refractivity contribution in [1.29, 1.82) is 0 Å². The summed E-state index contributed by atoms with van der Waals surface area (Å²) >= 11 is 1.38. The molecule has 0 saturated heterocycles. The Kier molecular flexibility index (Phi) is 7.57. The molecule has 0 radical (unpaired) electrons. The zero-order valence-electron chi connectivity index (χ0n) is 17.6. The van der Waals surface area contributed by atoms with Crippen molar-refractivity contribution in [1.82, 2.24) is 39.6 Å². The van der Waals surface area contributed by atoms with Gasteiger partial charge in [-0.15, -0.1) is 0 Å². The van der Waals surface area contributed by atoms with Gasteiger partial charge in [-0.2, -0.15) is 10.1 Å². The van der Waals surface area contributed by atoms with Crippen LogP contribution in [-0.4, -0.2) is 72.1 Å². The van der Waals surface area contributed by atoms with Crippen LogP contribution in [0.15, 0.2) is 17.8 Å². The Labute approximate surface area is 179 Å². The molecule has 12 heteroatoms. The summed E-state index contributed by atoms with van der Waals surface area (Å²) in [7, 11) is 0. The number of aryl methyl sites for hydroxylation is 3. The van der Waals surface area contributed by atoms with Crippen molar-refractivity contribution >= 4 is 34.8 Å². The standard InChI is InChI=1S/C18H28N10OS/c1-4-26(5-2)17-23-13(3)15-16(25-17)28(9-8-27-12-20-11-22-27)18(24-15)30-10-14(29)21-7-6-19/h11-12H,4-10,19H2,1-3H3,(H,21,29). The summed E-state index contributed by atoms with van der Waals surface area (Å²) in [6.07, 6.45) is 3.18. The number of nitrogens with one attached hydrogen (secondary N) is 1. The summed E-state index contributed by atoms with van der Waals surface area (Å²) in [5.41, 5.74) is 7.77. The van der Waals surface area contributed by atoms with Gasteiger partial charge in [0.2, 0.25) is 11.9 Å². The largest absolute Gasteiger partial charge is 0.354 e. The second kappa shape index (κ2) is 10.3. The third-order valence-corrected chi connectivity index (χ3v) is 5.56. The Balaban J connectivity index is 1.94. The van der Waals surface area contributed by atoms with Crippen LogP contribution in [0.25, 0.3) is 11.2 Å². The van der Waals surface area contributed by atoms with Crippen molar-refractivity contribution in [2.75, 3.05) is 36.8 Å². The van der Waals surface area contributed by atoms with E-state index in [1.165, 1.54) is 18.1 Å². The van der Waals surface area contributed by atoms with Gasteiger partial charge in [-0.25, -0.2) is 15.0 Å². The molecule has 3 aromatic rings. The van der Waals surface area contributed by atoms with Gasteiger partial charge in [0, 0.05) is 32.7 Å². The number of thioether (sulfide) groups is 1. The van der Waals surface area contributed by atoms with Crippen molar-refractivity contribution in [3.05, 3.63) is 18.3 Å². The predicted octanol–water partition coefficient (Wildman–Crippen LogP) is 0.440. The topological polar surface area (TPSA) is 133 Å². The first-order valence-corrected chi connectivity index (χ1v) is 11.0. The SMILES string of the molecule is CCN(CC)c1nc(C)c2nc(SCC(=O)NCCN)n(CCn3cncn3)c2n1. The fourth-order valence-electron chi connectivity index (χ4n) is 3.01. The van der Waals surface area contributed by atoms with Crippen molar-refractivity contribution < 1.29 is 4.79 Å². The summed E-state index contributed by atoms with van der Waals surface area (Å²) in [5.74, 6) is 0.860. The second-order valence-electron chi connectivity index (χ2n) is 6.59. The molecule has 11 nitrogen and oxygen atoms in total. The van der Waals surface area contributed by atoms with Gasteiger partial charge < -0.3 is 20.5 Å². The first kappa shape index (κ1) is 22.0. The van der Waals surface area contributed by atoms with Gasteiger partial charge in [0.15, 0.2) is 10.8 Å². The fourth-order valence-corrected chi connectivity index (χ4v) is 3.86. The van der Waals surface area contributed by atoms with E-state index in [1.807, 2.05) is 11.5 Å². The monoisotopic (exact) mass is 432 g/mol. The van der Waals surface area contributed by atoms with E-state index in [4.69, 9.17) is 15.7 Å². The quantitative estimate of drug-likeness (QED) is 0.414. The molecule has 3 N–H and O–H groups in total. The number of nitrogens with two attached hydrogens (primary N) is 1. The lowest BCUT2D eigenvalue weighted by molar-refractivity contribution is -0.118. The van der Waals surface area contributed by atoms with E-state index >= 15 is 0 Å². The highest BCUT2D eigenvalue weighted by Crippen LogP contribution is 2.26.